The summed E-state index contributed by atoms with van der Waals surface area (Å²) in [7, 11) is 1.42. The molecule has 4 nitrogen and oxygen atoms in total. The van der Waals surface area contributed by atoms with Crippen LogP contribution in [0.25, 0.3) is 0 Å². The van der Waals surface area contributed by atoms with Crippen molar-refractivity contribution in [1.82, 2.24) is 5.43 Å². The maximum Gasteiger partial charge on any atom is 0.170 e. The van der Waals surface area contributed by atoms with Crippen LogP contribution in [-0.2, 0) is 0 Å². The van der Waals surface area contributed by atoms with Crippen LogP contribution in [0.15, 0.2) is 34.7 Å². The van der Waals surface area contributed by atoms with Crippen molar-refractivity contribution in [2.75, 3.05) is 7.11 Å². The number of furan rings is 1. The van der Waals surface area contributed by atoms with Gasteiger partial charge in [0.05, 0.1) is 7.11 Å². The number of hydrazine groups is 1. The van der Waals surface area contributed by atoms with E-state index >= 15 is 0 Å². The van der Waals surface area contributed by atoms with Crippen LogP contribution < -0.4 is 16.0 Å². The van der Waals surface area contributed by atoms with Gasteiger partial charge in [-0.1, -0.05) is 12.1 Å². The second-order valence-corrected chi connectivity index (χ2v) is 3.91. The monoisotopic (exact) mass is 250 g/mol. The van der Waals surface area contributed by atoms with Crippen LogP contribution in [-0.4, -0.2) is 7.11 Å². The van der Waals surface area contributed by atoms with Gasteiger partial charge in [-0.25, -0.2) is 9.82 Å². The van der Waals surface area contributed by atoms with Gasteiger partial charge in [0.2, 0.25) is 0 Å². The fraction of sp³-hybridized carbons (Fsp3) is 0.231. The van der Waals surface area contributed by atoms with Gasteiger partial charge in [-0.05, 0) is 25.1 Å². The third-order valence-electron chi connectivity index (χ3n) is 2.74. The average Bonchev–Trinajstić information content (AvgIpc) is 2.79. The topological polar surface area (TPSA) is 60.4 Å². The maximum atomic E-state index is 14.1. The predicted molar refractivity (Wildman–Crippen MR) is 65.6 cm³/mol. The molecule has 0 aliphatic rings. The lowest BCUT2D eigenvalue weighted by atomic mass is 10.0. The summed E-state index contributed by atoms with van der Waals surface area (Å²) in [5.41, 5.74) is 2.93. The lowest BCUT2D eigenvalue weighted by molar-refractivity contribution is 0.376. The first kappa shape index (κ1) is 12.6. The first-order valence-electron chi connectivity index (χ1n) is 5.52. The van der Waals surface area contributed by atoms with Gasteiger partial charge in [-0.3, -0.25) is 5.84 Å². The Morgan fingerprint density at radius 1 is 1.33 bits per heavy atom. The molecule has 0 bridgehead atoms. The SMILES string of the molecule is COc1cccc(C(NN)c2ccc(C)o2)c1F. The summed E-state index contributed by atoms with van der Waals surface area (Å²) in [6, 6.07) is 7.92. The second-order valence-electron chi connectivity index (χ2n) is 3.91. The summed E-state index contributed by atoms with van der Waals surface area (Å²) in [5, 5.41) is 0. The Balaban J connectivity index is 2.45. The van der Waals surface area contributed by atoms with Crippen LogP contribution in [0.3, 0.4) is 0 Å². The number of aryl methyl sites for hydroxylation is 1. The smallest absolute Gasteiger partial charge is 0.170 e. The molecule has 96 valence electrons. The largest absolute Gasteiger partial charge is 0.494 e. The lowest BCUT2D eigenvalue weighted by Crippen LogP contribution is -2.29. The number of rotatable bonds is 4. The van der Waals surface area contributed by atoms with Gasteiger partial charge < -0.3 is 9.15 Å². The van der Waals surface area contributed by atoms with Crippen LogP contribution in [0.1, 0.15) is 23.1 Å². The van der Waals surface area contributed by atoms with E-state index in [1.165, 1.54) is 7.11 Å². The van der Waals surface area contributed by atoms with Crippen molar-refractivity contribution in [1.29, 1.82) is 0 Å². The molecule has 0 saturated carbocycles. The van der Waals surface area contributed by atoms with E-state index in [0.717, 1.165) is 5.76 Å². The van der Waals surface area contributed by atoms with E-state index in [9.17, 15) is 4.39 Å². The van der Waals surface area contributed by atoms with Crippen molar-refractivity contribution < 1.29 is 13.5 Å². The number of halogens is 1. The highest BCUT2D eigenvalue weighted by Crippen LogP contribution is 2.29. The number of hydrogen-bond donors (Lipinski definition) is 2. The van der Waals surface area contributed by atoms with Crippen LogP contribution in [0.2, 0.25) is 0 Å². The summed E-state index contributed by atoms with van der Waals surface area (Å²) in [4.78, 5) is 0. The van der Waals surface area contributed by atoms with Crippen molar-refractivity contribution in [2.24, 2.45) is 5.84 Å². The molecule has 0 saturated heterocycles. The van der Waals surface area contributed by atoms with Crippen molar-refractivity contribution in [3.05, 3.63) is 53.2 Å². The van der Waals surface area contributed by atoms with E-state index < -0.39 is 11.9 Å². The Bertz CT molecular complexity index is 540. The molecule has 3 N–H and O–H groups in total. The molecule has 0 spiro atoms. The molecule has 0 radical (unpaired) electrons. The zero-order valence-corrected chi connectivity index (χ0v) is 10.2. The maximum absolute atomic E-state index is 14.1. The van der Waals surface area contributed by atoms with Gasteiger partial charge in [-0.15, -0.1) is 0 Å². The summed E-state index contributed by atoms with van der Waals surface area (Å²) >= 11 is 0. The normalized spacial score (nSPS) is 12.4. The van der Waals surface area contributed by atoms with E-state index in [1.54, 1.807) is 30.3 Å². The summed E-state index contributed by atoms with van der Waals surface area (Å²) in [6.07, 6.45) is 0. The van der Waals surface area contributed by atoms with E-state index in [1.807, 2.05) is 6.92 Å². The quantitative estimate of drug-likeness (QED) is 0.645. The van der Waals surface area contributed by atoms with Gasteiger partial charge in [0.1, 0.15) is 17.6 Å². The van der Waals surface area contributed by atoms with Crippen molar-refractivity contribution in [2.45, 2.75) is 13.0 Å². The minimum absolute atomic E-state index is 0.177. The Morgan fingerprint density at radius 3 is 2.67 bits per heavy atom. The first-order chi connectivity index (χ1) is 8.67. The molecular formula is C13H15FN2O2. The molecule has 1 aromatic carbocycles. The third kappa shape index (κ3) is 2.23. The molecular weight excluding hydrogens is 235 g/mol. The van der Waals surface area contributed by atoms with E-state index in [2.05, 4.69) is 5.43 Å². The Kier molecular flexibility index (Phi) is 3.64. The van der Waals surface area contributed by atoms with Crippen LogP contribution in [0.4, 0.5) is 4.39 Å². The van der Waals surface area contributed by atoms with Gasteiger partial charge in [0.15, 0.2) is 11.6 Å². The second kappa shape index (κ2) is 5.20. The molecule has 1 heterocycles. The Labute approximate surface area is 105 Å². The molecule has 18 heavy (non-hydrogen) atoms. The Hall–Kier alpha value is -1.85. The average molecular weight is 250 g/mol. The van der Waals surface area contributed by atoms with Crippen molar-refractivity contribution in [3.63, 3.8) is 0 Å². The van der Waals surface area contributed by atoms with Gasteiger partial charge in [-0.2, -0.15) is 0 Å². The fourth-order valence-electron chi connectivity index (χ4n) is 1.84. The molecule has 2 rings (SSSR count). The van der Waals surface area contributed by atoms with Gasteiger partial charge >= 0.3 is 0 Å². The molecule has 1 aromatic heterocycles. The molecule has 0 aliphatic carbocycles. The third-order valence-corrected chi connectivity index (χ3v) is 2.74. The molecule has 2 aromatic rings. The minimum atomic E-state index is -0.547. The minimum Gasteiger partial charge on any atom is -0.494 e. The van der Waals surface area contributed by atoms with E-state index in [0.29, 0.717) is 11.3 Å². The standard InChI is InChI=1S/C13H15FN2O2/c1-8-6-7-11(18-8)13(16-15)9-4-3-5-10(17-2)12(9)14/h3-7,13,16H,15H2,1-2H3. The summed E-state index contributed by atoms with van der Waals surface area (Å²) in [6.45, 7) is 1.82. The molecule has 0 amide bonds. The van der Waals surface area contributed by atoms with Crippen LogP contribution in [0, 0.1) is 12.7 Å². The highest BCUT2D eigenvalue weighted by atomic mass is 19.1. The molecule has 5 heteroatoms. The zero-order chi connectivity index (χ0) is 13.1. The molecule has 0 fully saturated rings. The van der Waals surface area contributed by atoms with Gasteiger partial charge in [0.25, 0.3) is 0 Å². The van der Waals surface area contributed by atoms with Crippen molar-refractivity contribution >= 4 is 0 Å². The highest BCUT2D eigenvalue weighted by molar-refractivity contribution is 5.36. The van der Waals surface area contributed by atoms with Gasteiger partial charge in [0, 0.05) is 5.56 Å². The summed E-state index contributed by atoms with van der Waals surface area (Å²) in [5.74, 6) is 6.52. The fourth-order valence-corrected chi connectivity index (χ4v) is 1.84. The van der Waals surface area contributed by atoms with Crippen molar-refractivity contribution in [3.8, 4) is 5.75 Å². The number of hydrogen-bond acceptors (Lipinski definition) is 4. The van der Waals surface area contributed by atoms with Crippen LogP contribution in [0.5, 0.6) is 5.75 Å². The molecule has 1 unspecified atom stereocenters. The number of ether oxygens (including phenoxy) is 1. The number of benzene rings is 1. The molecule has 0 aliphatic heterocycles. The van der Waals surface area contributed by atoms with E-state index in [-0.39, 0.29) is 5.75 Å². The first-order valence-corrected chi connectivity index (χ1v) is 5.52. The zero-order valence-electron chi connectivity index (χ0n) is 10.2. The number of nitrogens with one attached hydrogen (secondary N) is 1. The van der Waals surface area contributed by atoms with E-state index in [4.69, 9.17) is 15.0 Å². The summed E-state index contributed by atoms with van der Waals surface area (Å²) < 4.78 is 24.6. The Morgan fingerprint density at radius 2 is 2.11 bits per heavy atom. The lowest BCUT2D eigenvalue weighted by Gasteiger charge is -2.16. The predicted octanol–water partition coefficient (Wildman–Crippen LogP) is 2.29. The number of nitrogens with two attached hydrogens (primary N) is 1. The molecule has 1 atom stereocenters. The van der Waals surface area contributed by atoms with Crippen LogP contribution >= 0.6 is 0 Å². The number of methoxy groups -OCH3 is 1. The highest BCUT2D eigenvalue weighted by Gasteiger charge is 2.21.